The molecule has 5 nitrogen and oxygen atoms in total. The summed E-state index contributed by atoms with van der Waals surface area (Å²) in [5.41, 5.74) is 7.00. The van der Waals surface area contributed by atoms with Crippen LogP contribution in [0.25, 0.3) is 0 Å². The van der Waals surface area contributed by atoms with E-state index >= 15 is 0 Å². The Kier molecular flexibility index (Phi) is 4.79. The largest absolute Gasteiger partial charge is 0.399 e. The highest BCUT2D eigenvalue weighted by molar-refractivity contribution is 9.10. The lowest BCUT2D eigenvalue weighted by atomic mass is 10.2. The number of aliphatic hydroxyl groups is 1. The van der Waals surface area contributed by atoms with Crippen LogP contribution in [0.3, 0.4) is 0 Å². The Morgan fingerprint density at radius 2 is 2.37 bits per heavy atom. The lowest BCUT2D eigenvalue weighted by Gasteiger charge is -2.22. The number of amides is 1. The van der Waals surface area contributed by atoms with Crippen LogP contribution in [0.5, 0.6) is 0 Å². The van der Waals surface area contributed by atoms with Gasteiger partial charge in [-0.25, -0.2) is 0 Å². The number of benzene rings is 1. The third kappa shape index (κ3) is 3.68. The third-order valence-electron chi connectivity index (χ3n) is 3.32. The van der Waals surface area contributed by atoms with E-state index in [1.165, 1.54) is 0 Å². The summed E-state index contributed by atoms with van der Waals surface area (Å²) in [5.74, 6) is -0.0779. The first-order valence-corrected chi connectivity index (χ1v) is 7.09. The standard InChI is InChI=1S/C13H18BrN3O2/c14-11-6-9(15)3-4-12(11)16-13(19)7-17-5-1-2-10(17)8-18/h3-4,6,10,18H,1-2,5,7-8,15H2,(H,16,19). The van der Waals surface area contributed by atoms with Crippen molar-refractivity contribution in [1.82, 2.24) is 4.90 Å². The number of carbonyl (C=O) groups excluding carboxylic acids is 1. The number of nitrogens with one attached hydrogen (secondary N) is 1. The molecule has 0 saturated carbocycles. The van der Waals surface area contributed by atoms with Crippen molar-refractivity contribution < 1.29 is 9.90 Å². The summed E-state index contributed by atoms with van der Waals surface area (Å²) < 4.78 is 0.765. The lowest BCUT2D eigenvalue weighted by Crippen LogP contribution is -2.38. The molecule has 1 aliphatic heterocycles. The van der Waals surface area contributed by atoms with Gasteiger partial charge in [-0.05, 0) is 53.5 Å². The van der Waals surface area contributed by atoms with Gasteiger partial charge < -0.3 is 16.2 Å². The van der Waals surface area contributed by atoms with Crippen LogP contribution in [-0.2, 0) is 4.79 Å². The number of carbonyl (C=O) groups is 1. The van der Waals surface area contributed by atoms with E-state index in [0.717, 1.165) is 23.9 Å². The first kappa shape index (κ1) is 14.3. The highest BCUT2D eigenvalue weighted by Gasteiger charge is 2.25. The van der Waals surface area contributed by atoms with E-state index in [-0.39, 0.29) is 18.6 Å². The van der Waals surface area contributed by atoms with Gasteiger partial charge in [0.25, 0.3) is 0 Å². The van der Waals surface area contributed by atoms with Crippen LogP contribution in [-0.4, -0.2) is 41.7 Å². The number of anilines is 2. The molecule has 4 N–H and O–H groups in total. The molecule has 1 aromatic carbocycles. The summed E-state index contributed by atoms with van der Waals surface area (Å²) in [4.78, 5) is 14.0. The number of aliphatic hydroxyl groups excluding tert-OH is 1. The summed E-state index contributed by atoms with van der Waals surface area (Å²) in [5, 5.41) is 12.1. The Morgan fingerprint density at radius 3 is 3.05 bits per heavy atom. The van der Waals surface area contributed by atoms with E-state index in [2.05, 4.69) is 21.2 Å². The van der Waals surface area contributed by atoms with Crippen LogP contribution in [0.2, 0.25) is 0 Å². The third-order valence-corrected chi connectivity index (χ3v) is 3.98. The fourth-order valence-electron chi connectivity index (χ4n) is 2.32. The van der Waals surface area contributed by atoms with Gasteiger partial charge in [-0.3, -0.25) is 9.69 Å². The molecule has 0 spiro atoms. The first-order chi connectivity index (χ1) is 9.10. The Labute approximate surface area is 120 Å². The fraction of sp³-hybridized carbons (Fsp3) is 0.462. The predicted molar refractivity (Wildman–Crippen MR) is 78.9 cm³/mol. The van der Waals surface area contributed by atoms with Crippen molar-refractivity contribution in [2.24, 2.45) is 0 Å². The van der Waals surface area contributed by atoms with E-state index in [1.807, 2.05) is 4.90 Å². The molecule has 1 aliphatic rings. The molecule has 0 bridgehead atoms. The van der Waals surface area contributed by atoms with Crippen LogP contribution in [0, 0.1) is 0 Å². The molecule has 0 aromatic heterocycles. The molecule has 1 saturated heterocycles. The minimum Gasteiger partial charge on any atom is -0.399 e. The predicted octanol–water partition coefficient (Wildman–Crippen LogP) is 1.43. The van der Waals surface area contributed by atoms with Gasteiger partial charge in [-0.2, -0.15) is 0 Å². The molecule has 1 amide bonds. The van der Waals surface area contributed by atoms with Crippen LogP contribution in [0.15, 0.2) is 22.7 Å². The smallest absolute Gasteiger partial charge is 0.238 e. The van der Waals surface area contributed by atoms with E-state index < -0.39 is 0 Å². The molecule has 2 rings (SSSR count). The quantitative estimate of drug-likeness (QED) is 0.731. The molecule has 1 aromatic rings. The highest BCUT2D eigenvalue weighted by Crippen LogP contribution is 2.25. The van der Waals surface area contributed by atoms with Gasteiger partial charge in [-0.15, -0.1) is 0 Å². The monoisotopic (exact) mass is 327 g/mol. The second-order valence-electron chi connectivity index (χ2n) is 4.74. The number of hydrogen-bond donors (Lipinski definition) is 3. The van der Waals surface area contributed by atoms with E-state index in [0.29, 0.717) is 17.9 Å². The minimum absolute atomic E-state index is 0.0779. The summed E-state index contributed by atoms with van der Waals surface area (Å²) >= 11 is 3.37. The molecule has 1 fully saturated rings. The Balaban J connectivity index is 1.94. The maximum absolute atomic E-state index is 12.0. The van der Waals surface area contributed by atoms with Crippen molar-refractivity contribution in [1.29, 1.82) is 0 Å². The zero-order valence-corrected chi connectivity index (χ0v) is 12.2. The van der Waals surface area contributed by atoms with Crippen molar-refractivity contribution >= 4 is 33.2 Å². The maximum atomic E-state index is 12.0. The van der Waals surface area contributed by atoms with Gasteiger partial charge in [0, 0.05) is 16.2 Å². The molecule has 19 heavy (non-hydrogen) atoms. The van der Waals surface area contributed by atoms with E-state index in [1.54, 1.807) is 18.2 Å². The fourth-order valence-corrected chi connectivity index (χ4v) is 2.81. The summed E-state index contributed by atoms with van der Waals surface area (Å²) in [6.07, 6.45) is 1.99. The molecular formula is C13H18BrN3O2. The van der Waals surface area contributed by atoms with Gasteiger partial charge in [0.05, 0.1) is 18.8 Å². The number of hydrogen-bond acceptors (Lipinski definition) is 4. The SMILES string of the molecule is Nc1ccc(NC(=O)CN2CCCC2CO)c(Br)c1. The minimum atomic E-state index is -0.0779. The van der Waals surface area contributed by atoms with Crippen molar-refractivity contribution in [2.45, 2.75) is 18.9 Å². The van der Waals surface area contributed by atoms with Gasteiger partial charge >= 0.3 is 0 Å². The van der Waals surface area contributed by atoms with E-state index in [4.69, 9.17) is 5.73 Å². The van der Waals surface area contributed by atoms with Gasteiger partial charge in [-0.1, -0.05) is 0 Å². The number of likely N-dealkylation sites (tertiary alicyclic amines) is 1. The second kappa shape index (κ2) is 6.36. The van der Waals surface area contributed by atoms with Crippen molar-refractivity contribution in [3.8, 4) is 0 Å². The number of halogens is 1. The van der Waals surface area contributed by atoms with Gasteiger partial charge in [0.15, 0.2) is 0 Å². The first-order valence-electron chi connectivity index (χ1n) is 6.30. The van der Waals surface area contributed by atoms with Crippen LogP contribution in [0.4, 0.5) is 11.4 Å². The Bertz CT molecular complexity index is 467. The van der Waals surface area contributed by atoms with E-state index in [9.17, 15) is 9.90 Å². The maximum Gasteiger partial charge on any atom is 0.238 e. The molecule has 104 valence electrons. The second-order valence-corrected chi connectivity index (χ2v) is 5.59. The van der Waals surface area contributed by atoms with Crippen molar-refractivity contribution in [3.05, 3.63) is 22.7 Å². The van der Waals surface area contributed by atoms with Crippen molar-refractivity contribution in [2.75, 3.05) is 30.7 Å². The summed E-state index contributed by atoms with van der Waals surface area (Å²) in [7, 11) is 0. The number of nitrogen functional groups attached to an aromatic ring is 1. The van der Waals surface area contributed by atoms with Gasteiger partial charge in [0.1, 0.15) is 0 Å². The average molecular weight is 328 g/mol. The Morgan fingerprint density at radius 1 is 1.58 bits per heavy atom. The van der Waals surface area contributed by atoms with Crippen LogP contribution < -0.4 is 11.1 Å². The lowest BCUT2D eigenvalue weighted by molar-refractivity contribution is -0.117. The molecule has 1 heterocycles. The number of rotatable bonds is 4. The topological polar surface area (TPSA) is 78.6 Å². The molecule has 0 radical (unpaired) electrons. The molecular weight excluding hydrogens is 310 g/mol. The number of nitrogens with zero attached hydrogens (tertiary/aromatic N) is 1. The number of nitrogens with two attached hydrogens (primary N) is 1. The summed E-state index contributed by atoms with van der Waals surface area (Å²) in [6.45, 7) is 1.28. The summed E-state index contributed by atoms with van der Waals surface area (Å²) in [6, 6.07) is 5.38. The zero-order chi connectivity index (χ0) is 13.8. The molecule has 1 atom stereocenters. The Hall–Kier alpha value is -1.11. The van der Waals surface area contributed by atoms with Crippen molar-refractivity contribution in [3.63, 3.8) is 0 Å². The molecule has 0 aliphatic carbocycles. The normalized spacial score (nSPS) is 19.6. The molecule has 6 heteroatoms. The molecule has 1 unspecified atom stereocenters. The van der Waals surface area contributed by atoms with Crippen LogP contribution in [0.1, 0.15) is 12.8 Å². The van der Waals surface area contributed by atoms with Gasteiger partial charge in [0.2, 0.25) is 5.91 Å². The van der Waals surface area contributed by atoms with Crippen LogP contribution >= 0.6 is 15.9 Å². The average Bonchev–Trinajstić information content (AvgIpc) is 2.80. The zero-order valence-electron chi connectivity index (χ0n) is 10.6. The highest BCUT2D eigenvalue weighted by atomic mass is 79.9.